The molecule has 0 fully saturated rings. The van der Waals surface area contributed by atoms with Crippen LogP contribution in [0, 0.1) is 6.92 Å². The van der Waals surface area contributed by atoms with Crippen LogP contribution in [0.1, 0.15) is 31.4 Å². The van der Waals surface area contributed by atoms with Gasteiger partial charge >= 0.3 is 0 Å². The summed E-state index contributed by atoms with van der Waals surface area (Å²) in [5.41, 5.74) is 3.07. The maximum Gasteiger partial charge on any atom is 0.278 e. The Morgan fingerprint density at radius 1 is 1.00 bits per heavy atom. The zero-order valence-electron chi connectivity index (χ0n) is 18.6. The van der Waals surface area contributed by atoms with E-state index in [0.717, 1.165) is 5.56 Å². The first-order chi connectivity index (χ1) is 15.4. The summed E-state index contributed by atoms with van der Waals surface area (Å²) in [5.74, 6) is 0.627. The summed E-state index contributed by atoms with van der Waals surface area (Å²) in [6, 6.07) is 13.0. The number of hydrogen-bond donors (Lipinski definition) is 1. The summed E-state index contributed by atoms with van der Waals surface area (Å²) in [7, 11) is 0. The maximum absolute atomic E-state index is 13.3. The minimum atomic E-state index is -0.343. The van der Waals surface area contributed by atoms with E-state index in [1.165, 1.54) is 4.90 Å². The largest absolute Gasteiger partial charge is 0.486 e. The van der Waals surface area contributed by atoms with Gasteiger partial charge < -0.3 is 19.5 Å². The molecule has 0 saturated heterocycles. The molecular formula is C25H28N2O5. The summed E-state index contributed by atoms with van der Waals surface area (Å²) < 4.78 is 16.8. The number of hydrogen-bond acceptors (Lipinski definition) is 6. The molecule has 4 rings (SSSR count). The van der Waals surface area contributed by atoms with Gasteiger partial charge in [-0.3, -0.25) is 14.5 Å². The molecule has 7 nitrogen and oxygen atoms in total. The molecule has 1 N–H and O–H groups in total. The molecule has 0 aliphatic carbocycles. The normalized spacial score (nSPS) is 15.7. The molecule has 2 aliphatic rings. The van der Waals surface area contributed by atoms with Gasteiger partial charge in [-0.25, -0.2) is 0 Å². The fourth-order valence-electron chi connectivity index (χ4n) is 3.69. The minimum Gasteiger partial charge on any atom is -0.486 e. The Bertz CT molecular complexity index is 1040. The fraction of sp³-hybridized carbons (Fsp3) is 0.360. The quantitative estimate of drug-likeness (QED) is 0.501. The van der Waals surface area contributed by atoms with Gasteiger partial charge in [-0.2, -0.15) is 0 Å². The van der Waals surface area contributed by atoms with E-state index >= 15 is 0 Å². The van der Waals surface area contributed by atoms with Crippen LogP contribution >= 0.6 is 0 Å². The third-order valence-electron chi connectivity index (χ3n) is 5.30. The van der Waals surface area contributed by atoms with Crippen molar-refractivity contribution in [1.82, 2.24) is 4.90 Å². The highest BCUT2D eigenvalue weighted by Crippen LogP contribution is 2.35. The van der Waals surface area contributed by atoms with Crippen molar-refractivity contribution in [2.75, 3.05) is 31.7 Å². The molecule has 32 heavy (non-hydrogen) atoms. The number of benzene rings is 2. The monoisotopic (exact) mass is 436 g/mol. The van der Waals surface area contributed by atoms with Crippen LogP contribution in [0.3, 0.4) is 0 Å². The first-order valence-corrected chi connectivity index (χ1v) is 10.9. The van der Waals surface area contributed by atoms with Crippen molar-refractivity contribution < 1.29 is 23.8 Å². The summed E-state index contributed by atoms with van der Waals surface area (Å²) in [4.78, 5) is 27.9. The van der Waals surface area contributed by atoms with Crippen LogP contribution in [-0.2, 0) is 14.3 Å². The van der Waals surface area contributed by atoms with E-state index in [4.69, 9.17) is 14.2 Å². The number of nitrogens with zero attached hydrogens (tertiary/aromatic N) is 1. The highest BCUT2D eigenvalue weighted by Gasteiger charge is 2.39. The number of nitrogens with one attached hydrogen (secondary N) is 1. The zero-order valence-corrected chi connectivity index (χ0v) is 18.6. The number of ether oxygens (including phenoxy) is 3. The summed E-state index contributed by atoms with van der Waals surface area (Å²) >= 11 is 0. The first kappa shape index (κ1) is 21.9. The van der Waals surface area contributed by atoms with Crippen molar-refractivity contribution >= 4 is 23.1 Å². The van der Waals surface area contributed by atoms with Gasteiger partial charge in [0.15, 0.2) is 11.5 Å². The first-order valence-electron chi connectivity index (χ1n) is 10.9. The van der Waals surface area contributed by atoms with E-state index in [1.807, 2.05) is 51.1 Å². The Labute approximate surface area is 188 Å². The van der Waals surface area contributed by atoms with Crippen LogP contribution in [0.25, 0.3) is 5.57 Å². The van der Waals surface area contributed by atoms with Crippen LogP contribution < -0.4 is 14.8 Å². The van der Waals surface area contributed by atoms with Gasteiger partial charge in [0.1, 0.15) is 18.9 Å². The maximum atomic E-state index is 13.3. The number of fused-ring (bicyclic) bond motifs is 1. The summed E-state index contributed by atoms with van der Waals surface area (Å²) in [5, 5.41) is 3.17. The van der Waals surface area contributed by atoms with E-state index in [0.29, 0.717) is 61.1 Å². The molecule has 0 aromatic heterocycles. The molecule has 0 saturated carbocycles. The topological polar surface area (TPSA) is 77.1 Å². The third-order valence-corrected chi connectivity index (χ3v) is 5.30. The van der Waals surface area contributed by atoms with Crippen LogP contribution in [0.4, 0.5) is 5.69 Å². The third kappa shape index (κ3) is 4.62. The Morgan fingerprint density at radius 3 is 2.44 bits per heavy atom. The van der Waals surface area contributed by atoms with Crippen molar-refractivity contribution in [1.29, 1.82) is 0 Å². The van der Waals surface area contributed by atoms with Crippen LogP contribution in [0.2, 0.25) is 0 Å². The smallest absolute Gasteiger partial charge is 0.278 e. The average molecular weight is 437 g/mol. The van der Waals surface area contributed by atoms with E-state index in [9.17, 15) is 9.59 Å². The number of carbonyl (C=O) groups is 2. The SMILES string of the molecule is Cc1ccc(C2=C(Nc3ccc4c(c3)OCCO4)C(=O)N(CCCOC(C)C)C2=O)cc1. The second-order valence-corrected chi connectivity index (χ2v) is 8.13. The molecular weight excluding hydrogens is 408 g/mol. The standard InChI is InChI=1S/C25H28N2O5/c1-16(2)30-12-4-11-27-24(28)22(18-7-5-17(3)6-8-18)23(25(27)29)26-19-9-10-20-21(15-19)32-14-13-31-20/h5-10,15-16,26H,4,11-14H2,1-3H3. The summed E-state index contributed by atoms with van der Waals surface area (Å²) in [6.45, 7) is 7.65. The van der Waals surface area contributed by atoms with Crippen LogP contribution in [-0.4, -0.2) is 49.2 Å². The number of carbonyl (C=O) groups excluding carboxylic acids is 2. The molecule has 7 heteroatoms. The number of anilines is 1. The number of rotatable bonds is 8. The Hall–Kier alpha value is -3.32. The van der Waals surface area contributed by atoms with E-state index in [-0.39, 0.29) is 23.6 Å². The summed E-state index contributed by atoms with van der Waals surface area (Å²) in [6.07, 6.45) is 0.683. The molecule has 0 radical (unpaired) electrons. The minimum absolute atomic E-state index is 0.105. The Kier molecular flexibility index (Phi) is 6.46. The molecule has 0 unspecified atom stereocenters. The van der Waals surface area contributed by atoms with E-state index < -0.39 is 0 Å². The molecule has 2 heterocycles. The van der Waals surface area contributed by atoms with Crippen LogP contribution in [0.15, 0.2) is 48.2 Å². The Balaban J connectivity index is 1.62. The zero-order chi connectivity index (χ0) is 22.7. The van der Waals surface area contributed by atoms with Crippen LogP contribution in [0.5, 0.6) is 11.5 Å². The van der Waals surface area contributed by atoms with Gasteiger partial charge in [-0.15, -0.1) is 0 Å². The molecule has 2 aromatic carbocycles. The number of aryl methyl sites for hydroxylation is 1. The van der Waals surface area contributed by atoms with Gasteiger partial charge in [0, 0.05) is 24.9 Å². The van der Waals surface area contributed by atoms with Crippen molar-refractivity contribution in [3.05, 3.63) is 59.3 Å². The van der Waals surface area contributed by atoms with Gasteiger partial charge in [0.2, 0.25) is 0 Å². The van der Waals surface area contributed by atoms with Crippen molar-refractivity contribution in [2.45, 2.75) is 33.3 Å². The lowest BCUT2D eigenvalue weighted by molar-refractivity contribution is -0.137. The van der Waals surface area contributed by atoms with E-state index in [2.05, 4.69) is 5.32 Å². The molecule has 0 atom stereocenters. The number of amides is 2. The predicted molar refractivity (Wildman–Crippen MR) is 122 cm³/mol. The molecule has 0 bridgehead atoms. The lowest BCUT2D eigenvalue weighted by Gasteiger charge is -2.19. The lowest BCUT2D eigenvalue weighted by Crippen LogP contribution is -2.34. The van der Waals surface area contributed by atoms with Gasteiger partial charge in [0.25, 0.3) is 11.8 Å². The lowest BCUT2D eigenvalue weighted by atomic mass is 10.0. The van der Waals surface area contributed by atoms with Gasteiger partial charge in [-0.05, 0) is 44.9 Å². The van der Waals surface area contributed by atoms with Crippen molar-refractivity contribution in [3.63, 3.8) is 0 Å². The van der Waals surface area contributed by atoms with Crippen molar-refractivity contribution in [2.24, 2.45) is 0 Å². The fourth-order valence-corrected chi connectivity index (χ4v) is 3.69. The van der Waals surface area contributed by atoms with Gasteiger partial charge in [0.05, 0.1) is 11.7 Å². The molecule has 2 amide bonds. The Morgan fingerprint density at radius 2 is 1.72 bits per heavy atom. The molecule has 2 aliphatic heterocycles. The van der Waals surface area contributed by atoms with Gasteiger partial charge in [-0.1, -0.05) is 29.8 Å². The molecule has 2 aromatic rings. The number of imide groups is 1. The second-order valence-electron chi connectivity index (χ2n) is 8.13. The molecule has 0 spiro atoms. The van der Waals surface area contributed by atoms with Crippen molar-refractivity contribution in [3.8, 4) is 11.5 Å². The second kappa shape index (κ2) is 9.44. The average Bonchev–Trinajstić information content (AvgIpc) is 3.01. The predicted octanol–water partition coefficient (Wildman–Crippen LogP) is 3.77. The van der Waals surface area contributed by atoms with E-state index in [1.54, 1.807) is 12.1 Å². The molecule has 168 valence electrons. The highest BCUT2D eigenvalue weighted by molar-refractivity contribution is 6.36. The highest BCUT2D eigenvalue weighted by atomic mass is 16.6.